The van der Waals surface area contributed by atoms with Gasteiger partial charge < -0.3 is 21.3 Å². The first-order valence-corrected chi connectivity index (χ1v) is 11.5. The van der Waals surface area contributed by atoms with Crippen LogP contribution in [0.1, 0.15) is 12.5 Å². The molecule has 2 aromatic carbocycles. The molecule has 4 N–H and O–H groups in total. The molecule has 8 nitrogen and oxygen atoms in total. The number of halogens is 1. The van der Waals surface area contributed by atoms with Crippen LogP contribution in [0.2, 0.25) is 0 Å². The third-order valence-electron chi connectivity index (χ3n) is 4.59. The van der Waals surface area contributed by atoms with E-state index in [1.54, 1.807) is 0 Å². The van der Waals surface area contributed by atoms with Crippen molar-refractivity contribution in [3.05, 3.63) is 70.7 Å². The molecular weight excluding hydrogens is 484 g/mol. The standard InChI is InChI=1S/C24H27BrN6O2/c1-17(32)26-11-12-27-21-16-22(31-24(30-21)19-5-3-2-4-6-19)28-13-14-29-23(33)15-18-7-9-20(25)10-8-18/h2-10,16H,11-15H2,1H3,(H,26,32)(H,29,33)(H2,27,28,30,31). The fraction of sp³-hybridized carbons (Fsp3) is 0.250. The van der Waals surface area contributed by atoms with Gasteiger partial charge in [0.25, 0.3) is 0 Å². The molecule has 0 aliphatic rings. The molecule has 0 saturated heterocycles. The van der Waals surface area contributed by atoms with Crippen molar-refractivity contribution in [3.63, 3.8) is 0 Å². The summed E-state index contributed by atoms with van der Waals surface area (Å²) in [6.45, 7) is 3.50. The van der Waals surface area contributed by atoms with Gasteiger partial charge in [0.05, 0.1) is 6.42 Å². The minimum atomic E-state index is -0.0750. The van der Waals surface area contributed by atoms with Crippen LogP contribution in [0, 0.1) is 0 Å². The smallest absolute Gasteiger partial charge is 0.224 e. The van der Waals surface area contributed by atoms with E-state index in [2.05, 4.69) is 47.2 Å². The Morgan fingerprint density at radius 2 is 1.42 bits per heavy atom. The van der Waals surface area contributed by atoms with Gasteiger partial charge in [0, 0.05) is 49.2 Å². The monoisotopic (exact) mass is 510 g/mol. The first-order chi connectivity index (χ1) is 16.0. The Balaban J connectivity index is 1.56. The van der Waals surface area contributed by atoms with Gasteiger partial charge in [-0.15, -0.1) is 0 Å². The van der Waals surface area contributed by atoms with Crippen LogP contribution < -0.4 is 21.3 Å². The molecule has 2 amide bonds. The van der Waals surface area contributed by atoms with Crippen molar-refractivity contribution in [1.29, 1.82) is 0 Å². The summed E-state index contributed by atoms with van der Waals surface area (Å²) >= 11 is 3.39. The predicted octanol–water partition coefficient (Wildman–Crippen LogP) is 3.22. The SMILES string of the molecule is CC(=O)NCCNc1cc(NCCNC(=O)Cc2ccc(Br)cc2)nc(-c2ccccc2)n1. The third kappa shape index (κ3) is 8.53. The Hall–Kier alpha value is -3.46. The number of hydrogen-bond donors (Lipinski definition) is 4. The number of aromatic nitrogens is 2. The maximum Gasteiger partial charge on any atom is 0.224 e. The van der Waals surface area contributed by atoms with Gasteiger partial charge in [0.15, 0.2) is 5.82 Å². The lowest BCUT2D eigenvalue weighted by atomic mass is 10.1. The number of hydrogen-bond acceptors (Lipinski definition) is 6. The number of carbonyl (C=O) groups is 2. The molecule has 0 fully saturated rings. The van der Waals surface area contributed by atoms with E-state index in [1.165, 1.54) is 6.92 Å². The lowest BCUT2D eigenvalue weighted by molar-refractivity contribution is -0.120. The second-order valence-electron chi connectivity index (χ2n) is 7.32. The topological polar surface area (TPSA) is 108 Å². The van der Waals surface area contributed by atoms with E-state index in [-0.39, 0.29) is 11.8 Å². The number of benzene rings is 2. The summed E-state index contributed by atoms with van der Waals surface area (Å²) in [6, 6.07) is 19.2. The third-order valence-corrected chi connectivity index (χ3v) is 5.12. The fourth-order valence-electron chi connectivity index (χ4n) is 3.02. The van der Waals surface area contributed by atoms with Crippen LogP contribution in [-0.4, -0.2) is 48.0 Å². The Morgan fingerprint density at radius 1 is 0.818 bits per heavy atom. The minimum absolute atomic E-state index is 0.0351. The zero-order valence-electron chi connectivity index (χ0n) is 18.4. The average molecular weight is 511 g/mol. The summed E-state index contributed by atoms with van der Waals surface area (Å²) in [5.74, 6) is 1.77. The summed E-state index contributed by atoms with van der Waals surface area (Å²) in [5, 5.41) is 12.1. The number of carbonyl (C=O) groups excluding carboxylic acids is 2. The molecule has 9 heteroatoms. The molecule has 0 spiro atoms. The zero-order valence-corrected chi connectivity index (χ0v) is 20.0. The largest absolute Gasteiger partial charge is 0.368 e. The van der Waals surface area contributed by atoms with E-state index >= 15 is 0 Å². The molecule has 0 unspecified atom stereocenters. The molecule has 0 saturated carbocycles. The Kier molecular flexibility index (Phi) is 9.19. The predicted molar refractivity (Wildman–Crippen MR) is 134 cm³/mol. The highest BCUT2D eigenvalue weighted by atomic mass is 79.9. The molecule has 33 heavy (non-hydrogen) atoms. The Morgan fingerprint density at radius 3 is 2.03 bits per heavy atom. The molecule has 3 aromatic rings. The average Bonchev–Trinajstić information content (AvgIpc) is 2.81. The van der Waals surface area contributed by atoms with E-state index < -0.39 is 0 Å². The van der Waals surface area contributed by atoms with Crippen LogP contribution in [-0.2, 0) is 16.0 Å². The van der Waals surface area contributed by atoms with Gasteiger partial charge in [-0.05, 0) is 17.7 Å². The fourth-order valence-corrected chi connectivity index (χ4v) is 3.28. The van der Waals surface area contributed by atoms with E-state index in [9.17, 15) is 9.59 Å². The van der Waals surface area contributed by atoms with E-state index in [0.717, 1.165) is 15.6 Å². The molecule has 0 radical (unpaired) electrons. The Bertz CT molecular complexity index is 1060. The molecule has 0 aliphatic carbocycles. The van der Waals surface area contributed by atoms with Gasteiger partial charge in [0.2, 0.25) is 11.8 Å². The summed E-state index contributed by atoms with van der Waals surface area (Å²) < 4.78 is 0.986. The van der Waals surface area contributed by atoms with Crippen LogP contribution in [0.15, 0.2) is 65.1 Å². The van der Waals surface area contributed by atoms with Gasteiger partial charge >= 0.3 is 0 Å². The summed E-state index contributed by atoms with van der Waals surface area (Å²) in [7, 11) is 0. The van der Waals surface area contributed by atoms with Crippen molar-refractivity contribution in [2.45, 2.75) is 13.3 Å². The first-order valence-electron chi connectivity index (χ1n) is 10.7. The maximum atomic E-state index is 12.2. The minimum Gasteiger partial charge on any atom is -0.368 e. The first kappa shape index (κ1) is 24.2. The Labute approximate surface area is 201 Å². The van der Waals surface area contributed by atoms with Crippen LogP contribution in [0.4, 0.5) is 11.6 Å². The van der Waals surface area contributed by atoms with E-state index in [0.29, 0.717) is 50.1 Å². The van der Waals surface area contributed by atoms with Crippen molar-refractivity contribution < 1.29 is 9.59 Å². The van der Waals surface area contributed by atoms with Crippen molar-refractivity contribution in [3.8, 4) is 11.4 Å². The molecule has 0 atom stereocenters. The van der Waals surface area contributed by atoms with Gasteiger partial charge in [-0.2, -0.15) is 0 Å². The second-order valence-corrected chi connectivity index (χ2v) is 8.23. The lowest BCUT2D eigenvalue weighted by Crippen LogP contribution is -2.30. The van der Waals surface area contributed by atoms with Crippen molar-refractivity contribution in [2.75, 3.05) is 36.8 Å². The zero-order chi connectivity index (χ0) is 23.5. The highest BCUT2D eigenvalue weighted by Gasteiger charge is 2.08. The van der Waals surface area contributed by atoms with Crippen LogP contribution >= 0.6 is 15.9 Å². The van der Waals surface area contributed by atoms with E-state index in [4.69, 9.17) is 0 Å². The molecule has 172 valence electrons. The van der Waals surface area contributed by atoms with Gasteiger partial charge in [-0.3, -0.25) is 9.59 Å². The second kappa shape index (κ2) is 12.5. The maximum absolute atomic E-state index is 12.2. The normalized spacial score (nSPS) is 10.4. The summed E-state index contributed by atoms with van der Waals surface area (Å²) in [6.07, 6.45) is 0.335. The van der Waals surface area contributed by atoms with E-state index in [1.807, 2.05) is 60.7 Å². The molecule has 0 bridgehead atoms. The summed E-state index contributed by atoms with van der Waals surface area (Å²) in [4.78, 5) is 32.4. The number of nitrogens with zero attached hydrogens (tertiary/aromatic N) is 2. The highest BCUT2D eigenvalue weighted by molar-refractivity contribution is 9.10. The van der Waals surface area contributed by atoms with Crippen molar-refractivity contribution >= 4 is 39.4 Å². The van der Waals surface area contributed by atoms with Crippen LogP contribution in [0.25, 0.3) is 11.4 Å². The molecular formula is C24H27BrN6O2. The van der Waals surface area contributed by atoms with Crippen molar-refractivity contribution in [2.24, 2.45) is 0 Å². The van der Waals surface area contributed by atoms with Crippen molar-refractivity contribution in [1.82, 2.24) is 20.6 Å². The summed E-state index contributed by atoms with van der Waals surface area (Å²) in [5.41, 5.74) is 1.86. The molecule has 0 aliphatic heterocycles. The van der Waals surface area contributed by atoms with Crippen LogP contribution in [0.5, 0.6) is 0 Å². The number of amides is 2. The van der Waals surface area contributed by atoms with Gasteiger partial charge in [-0.1, -0.05) is 58.4 Å². The number of nitrogens with one attached hydrogen (secondary N) is 4. The van der Waals surface area contributed by atoms with Gasteiger partial charge in [0.1, 0.15) is 11.6 Å². The number of rotatable bonds is 11. The quantitative estimate of drug-likeness (QED) is 0.295. The van der Waals surface area contributed by atoms with Crippen LogP contribution in [0.3, 0.4) is 0 Å². The lowest BCUT2D eigenvalue weighted by Gasteiger charge is -2.12. The molecule has 1 heterocycles. The highest BCUT2D eigenvalue weighted by Crippen LogP contribution is 2.20. The molecule has 3 rings (SSSR count). The van der Waals surface area contributed by atoms with Gasteiger partial charge in [-0.25, -0.2) is 9.97 Å². The number of anilines is 2. The molecule has 1 aromatic heterocycles.